The summed E-state index contributed by atoms with van der Waals surface area (Å²) in [5, 5.41) is 12.8. The van der Waals surface area contributed by atoms with E-state index in [9.17, 15) is 14.7 Å². The van der Waals surface area contributed by atoms with Crippen molar-refractivity contribution in [3.63, 3.8) is 0 Å². The Morgan fingerprint density at radius 3 is 2.70 bits per heavy atom. The van der Waals surface area contributed by atoms with E-state index in [1.54, 1.807) is 19.9 Å². The molecule has 2 heterocycles. The number of ether oxygens (including phenoxy) is 2. The predicted molar refractivity (Wildman–Crippen MR) is 97.2 cm³/mol. The average Bonchev–Trinajstić information content (AvgIpc) is 2.77. The van der Waals surface area contributed by atoms with Gasteiger partial charge in [-0.1, -0.05) is 36.4 Å². The van der Waals surface area contributed by atoms with Gasteiger partial charge < -0.3 is 19.9 Å². The summed E-state index contributed by atoms with van der Waals surface area (Å²) >= 11 is 0. The highest BCUT2D eigenvalue weighted by atomic mass is 16.5. The van der Waals surface area contributed by atoms with Gasteiger partial charge in [0, 0.05) is 11.6 Å². The maximum absolute atomic E-state index is 13.3. The number of phenols is 1. The van der Waals surface area contributed by atoms with Crippen molar-refractivity contribution in [2.75, 3.05) is 6.61 Å². The summed E-state index contributed by atoms with van der Waals surface area (Å²) in [6, 6.07) is 14.2. The third-order valence-electron chi connectivity index (χ3n) is 5.43. The standard InChI is InChI=1S/C21H21NO5/c1-3-26-18(24)17-20(2)22-19(25)21(17,12-13-7-5-4-6-8-13)15-10-9-14(23)11-16(15)27-20/h4-11,17,23H,3,12H2,1-2H3,(H,22,25)/t17-,20-,21+/m0/s1. The van der Waals surface area contributed by atoms with Crippen molar-refractivity contribution in [1.29, 1.82) is 0 Å². The lowest BCUT2D eigenvalue weighted by Gasteiger charge is -2.42. The Bertz CT molecular complexity index is 912. The first-order valence-corrected chi connectivity index (χ1v) is 8.96. The SMILES string of the molecule is CCOC(=O)[C@H]1[C@@]2(C)NC(=O)[C@]1(Cc1ccccc1)c1ccc(O)cc1O2. The van der Waals surface area contributed by atoms with Crippen LogP contribution in [0.1, 0.15) is 25.0 Å². The van der Waals surface area contributed by atoms with Crippen LogP contribution in [-0.4, -0.2) is 29.3 Å². The molecule has 27 heavy (non-hydrogen) atoms. The Morgan fingerprint density at radius 1 is 1.26 bits per heavy atom. The normalized spacial score (nSPS) is 28.1. The maximum atomic E-state index is 13.3. The summed E-state index contributed by atoms with van der Waals surface area (Å²) in [6.45, 7) is 3.62. The molecule has 0 spiro atoms. The molecule has 2 aromatic carbocycles. The third-order valence-corrected chi connectivity index (χ3v) is 5.43. The smallest absolute Gasteiger partial charge is 0.316 e. The van der Waals surface area contributed by atoms with Gasteiger partial charge in [-0.2, -0.15) is 0 Å². The lowest BCUT2D eigenvalue weighted by atomic mass is 9.64. The van der Waals surface area contributed by atoms with Crippen molar-refractivity contribution in [3.8, 4) is 11.5 Å². The van der Waals surface area contributed by atoms with Crippen molar-refractivity contribution in [1.82, 2.24) is 5.32 Å². The van der Waals surface area contributed by atoms with Gasteiger partial charge in [0.05, 0.1) is 6.61 Å². The minimum atomic E-state index is -1.25. The lowest BCUT2D eigenvalue weighted by Crippen LogP contribution is -2.56. The molecule has 1 saturated heterocycles. The molecule has 6 nitrogen and oxygen atoms in total. The molecule has 0 unspecified atom stereocenters. The van der Waals surface area contributed by atoms with E-state index in [-0.39, 0.29) is 18.3 Å². The zero-order chi connectivity index (χ0) is 19.2. The van der Waals surface area contributed by atoms with Crippen molar-refractivity contribution in [2.45, 2.75) is 31.4 Å². The lowest BCUT2D eigenvalue weighted by molar-refractivity contribution is -0.160. The Balaban J connectivity index is 1.95. The molecule has 6 heteroatoms. The van der Waals surface area contributed by atoms with Gasteiger partial charge in [-0.05, 0) is 31.9 Å². The van der Waals surface area contributed by atoms with E-state index in [4.69, 9.17) is 9.47 Å². The fraction of sp³-hybridized carbons (Fsp3) is 0.333. The summed E-state index contributed by atoms with van der Waals surface area (Å²) in [5.74, 6) is -1.18. The van der Waals surface area contributed by atoms with Crippen molar-refractivity contribution in [2.24, 2.45) is 5.92 Å². The van der Waals surface area contributed by atoms with Crippen molar-refractivity contribution in [3.05, 3.63) is 59.7 Å². The van der Waals surface area contributed by atoms with Gasteiger partial charge in [-0.25, -0.2) is 0 Å². The van der Waals surface area contributed by atoms with Crippen LogP contribution in [0.4, 0.5) is 0 Å². The predicted octanol–water partition coefficient (Wildman–Crippen LogP) is 2.29. The van der Waals surface area contributed by atoms with Crippen molar-refractivity contribution < 1.29 is 24.2 Å². The molecule has 4 rings (SSSR count). The largest absolute Gasteiger partial charge is 0.508 e. The van der Waals surface area contributed by atoms with Crippen LogP contribution in [0.15, 0.2) is 48.5 Å². The molecular weight excluding hydrogens is 346 g/mol. The number of hydrogen-bond donors (Lipinski definition) is 2. The highest BCUT2D eigenvalue weighted by Crippen LogP contribution is 2.55. The molecule has 2 aliphatic rings. The topological polar surface area (TPSA) is 84.9 Å². The first-order valence-electron chi connectivity index (χ1n) is 8.96. The number of rotatable bonds is 4. The minimum Gasteiger partial charge on any atom is -0.508 e. The fourth-order valence-corrected chi connectivity index (χ4v) is 4.41. The molecule has 0 radical (unpaired) electrons. The number of amides is 1. The third kappa shape index (κ3) is 2.47. The number of benzene rings is 2. The molecule has 2 bridgehead atoms. The second-order valence-electron chi connectivity index (χ2n) is 7.16. The number of aromatic hydroxyl groups is 1. The van der Waals surface area contributed by atoms with Gasteiger partial charge in [-0.15, -0.1) is 0 Å². The molecule has 1 fully saturated rings. The maximum Gasteiger partial charge on any atom is 0.316 e. The van der Waals surface area contributed by atoms with Crippen LogP contribution < -0.4 is 10.1 Å². The quantitative estimate of drug-likeness (QED) is 0.810. The molecule has 2 aromatic rings. The zero-order valence-corrected chi connectivity index (χ0v) is 15.2. The Labute approximate surface area is 157 Å². The number of fused-ring (bicyclic) bond motifs is 4. The van der Waals surface area contributed by atoms with E-state index in [0.29, 0.717) is 17.7 Å². The van der Waals surface area contributed by atoms with Gasteiger partial charge in [-0.3, -0.25) is 9.59 Å². The van der Waals surface area contributed by atoms with E-state index in [1.165, 1.54) is 12.1 Å². The highest BCUT2D eigenvalue weighted by molar-refractivity contribution is 6.00. The van der Waals surface area contributed by atoms with E-state index in [2.05, 4.69) is 5.32 Å². The highest BCUT2D eigenvalue weighted by Gasteiger charge is 2.70. The summed E-state index contributed by atoms with van der Waals surface area (Å²) in [6.07, 6.45) is 0.319. The van der Waals surface area contributed by atoms with Gasteiger partial charge in [0.2, 0.25) is 5.91 Å². The van der Waals surface area contributed by atoms with Gasteiger partial charge in [0.25, 0.3) is 0 Å². The average molecular weight is 367 g/mol. The molecule has 0 aromatic heterocycles. The minimum absolute atomic E-state index is 0.0358. The molecule has 3 atom stereocenters. The number of carbonyl (C=O) groups is 2. The summed E-state index contributed by atoms with van der Waals surface area (Å²) in [5.41, 5.74) is -0.926. The molecular formula is C21H21NO5. The number of carbonyl (C=O) groups excluding carboxylic acids is 2. The Hall–Kier alpha value is -3.02. The van der Waals surface area contributed by atoms with Crippen LogP contribution in [0.2, 0.25) is 0 Å². The van der Waals surface area contributed by atoms with Gasteiger partial charge in [0.15, 0.2) is 5.72 Å². The Morgan fingerprint density at radius 2 is 2.00 bits per heavy atom. The number of phenolic OH excluding ortho intramolecular Hbond substituents is 1. The zero-order valence-electron chi connectivity index (χ0n) is 15.2. The molecule has 0 aliphatic carbocycles. The first kappa shape index (κ1) is 17.4. The van der Waals surface area contributed by atoms with Crippen LogP contribution in [0, 0.1) is 5.92 Å². The molecule has 1 amide bonds. The molecule has 140 valence electrons. The van der Waals surface area contributed by atoms with Crippen molar-refractivity contribution >= 4 is 11.9 Å². The number of hydrogen-bond acceptors (Lipinski definition) is 5. The number of nitrogens with one attached hydrogen (secondary N) is 1. The van der Waals surface area contributed by atoms with Crippen LogP contribution in [0.5, 0.6) is 11.5 Å². The fourth-order valence-electron chi connectivity index (χ4n) is 4.41. The van der Waals surface area contributed by atoms with E-state index in [0.717, 1.165) is 5.56 Å². The summed E-state index contributed by atoms with van der Waals surface area (Å²) < 4.78 is 11.3. The molecule has 0 saturated carbocycles. The van der Waals surface area contributed by atoms with Gasteiger partial charge >= 0.3 is 5.97 Å². The van der Waals surface area contributed by atoms with E-state index >= 15 is 0 Å². The van der Waals surface area contributed by atoms with E-state index in [1.807, 2.05) is 30.3 Å². The van der Waals surface area contributed by atoms with Crippen LogP contribution in [0.25, 0.3) is 0 Å². The Kier molecular flexibility index (Phi) is 3.87. The van der Waals surface area contributed by atoms with Crippen LogP contribution >= 0.6 is 0 Å². The monoisotopic (exact) mass is 367 g/mol. The second-order valence-corrected chi connectivity index (χ2v) is 7.16. The summed E-state index contributed by atoms with van der Waals surface area (Å²) in [7, 11) is 0. The first-order chi connectivity index (χ1) is 12.9. The number of esters is 1. The van der Waals surface area contributed by atoms with Crippen LogP contribution in [0.3, 0.4) is 0 Å². The molecule has 2 aliphatic heterocycles. The second kappa shape index (κ2) is 6.01. The molecule has 2 N–H and O–H groups in total. The van der Waals surface area contributed by atoms with E-state index < -0.39 is 23.0 Å². The van der Waals surface area contributed by atoms with Gasteiger partial charge in [0.1, 0.15) is 22.8 Å². The summed E-state index contributed by atoms with van der Waals surface area (Å²) in [4.78, 5) is 26.2. The van der Waals surface area contributed by atoms with Crippen LogP contribution in [-0.2, 0) is 26.2 Å².